The molecule has 1 unspecified atom stereocenters. The van der Waals surface area contributed by atoms with Crippen LogP contribution >= 0.6 is 12.4 Å². The van der Waals surface area contributed by atoms with Gasteiger partial charge in [-0.25, -0.2) is 0 Å². The molecular weight excluding hydrogens is 422 g/mol. The topological polar surface area (TPSA) is 93.9 Å². The van der Waals surface area contributed by atoms with E-state index in [0.717, 1.165) is 38.8 Å². The normalized spacial score (nSPS) is 16.0. The molecule has 170 valence electrons. The second-order valence-corrected chi connectivity index (χ2v) is 7.51. The molecule has 3 rings (SSSR count). The number of halogens is 1. The summed E-state index contributed by atoms with van der Waals surface area (Å²) in [5.41, 5.74) is -0.0260. The van der Waals surface area contributed by atoms with Gasteiger partial charge < -0.3 is 14.8 Å². The maximum Gasteiger partial charge on any atom is 0.282 e. The Labute approximate surface area is 188 Å². The summed E-state index contributed by atoms with van der Waals surface area (Å²) in [7, 11) is 2.91. The highest BCUT2D eigenvalue weighted by molar-refractivity contribution is 6.09. The number of nitro benzene ring substituents is 1. The Hall–Kier alpha value is -2.58. The first-order valence-corrected chi connectivity index (χ1v) is 10.4. The zero-order valence-corrected chi connectivity index (χ0v) is 19.0. The third kappa shape index (κ3) is 5.19. The number of nitrogens with zero attached hydrogens (tertiary/aromatic N) is 2. The number of fused-ring (bicyclic) bond motifs is 1. The van der Waals surface area contributed by atoms with Crippen molar-refractivity contribution in [3.05, 3.63) is 39.9 Å². The van der Waals surface area contributed by atoms with Crippen molar-refractivity contribution >= 4 is 34.8 Å². The first kappa shape index (κ1) is 24.7. The van der Waals surface area contributed by atoms with E-state index in [9.17, 15) is 14.9 Å². The lowest BCUT2D eigenvalue weighted by molar-refractivity contribution is -0.383. The van der Waals surface area contributed by atoms with Crippen molar-refractivity contribution in [1.29, 1.82) is 0 Å². The molecular formula is C22H30ClN3O5. The van der Waals surface area contributed by atoms with Crippen LogP contribution in [0.4, 0.5) is 5.69 Å². The zero-order chi connectivity index (χ0) is 21.7. The number of carbonyl (C=O) groups is 1. The van der Waals surface area contributed by atoms with Crippen molar-refractivity contribution in [2.24, 2.45) is 0 Å². The number of unbranched alkanes of at least 4 members (excludes halogenated alkanes) is 1. The number of benzene rings is 2. The second-order valence-electron chi connectivity index (χ2n) is 7.51. The molecule has 1 saturated heterocycles. The molecule has 2 aromatic carbocycles. The van der Waals surface area contributed by atoms with Crippen LogP contribution in [0.15, 0.2) is 24.3 Å². The van der Waals surface area contributed by atoms with Crippen molar-refractivity contribution in [3.63, 3.8) is 0 Å². The van der Waals surface area contributed by atoms with Gasteiger partial charge in [-0.15, -0.1) is 12.4 Å². The number of amides is 1. The summed E-state index contributed by atoms with van der Waals surface area (Å²) in [5, 5.41) is 15.5. The molecule has 0 radical (unpaired) electrons. The van der Waals surface area contributed by atoms with Crippen LogP contribution in [0.1, 0.15) is 43.0 Å². The van der Waals surface area contributed by atoms with E-state index in [4.69, 9.17) is 9.47 Å². The van der Waals surface area contributed by atoms with Crippen LogP contribution in [0.3, 0.4) is 0 Å². The van der Waals surface area contributed by atoms with E-state index < -0.39 is 4.92 Å². The molecule has 0 saturated carbocycles. The van der Waals surface area contributed by atoms with E-state index >= 15 is 0 Å². The lowest BCUT2D eigenvalue weighted by atomic mass is 10.0. The second kappa shape index (κ2) is 11.2. The predicted molar refractivity (Wildman–Crippen MR) is 123 cm³/mol. The fraction of sp³-hybridized carbons (Fsp3) is 0.500. The van der Waals surface area contributed by atoms with Gasteiger partial charge in [0.2, 0.25) is 0 Å². The molecule has 1 atom stereocenters. The summed E-state index contributed by atoms with van der Waals surface area (Å²) in [4.78, 5) is 26.7. The average Bonchev–Trinajstić information content (AvgIpc) is 3.21. The largest absolute Gasteiger partial charge is 0.496 e. The summed E-state index contributed by atoms with van der Waals surface area (Å²) < 4.78 is 10.8. The van der Waals surface area contributed by atoms with Gasteiger partial charge in [-0.1, -0.05) is 25.5 Å². The van der Waals surface area contributed by atoms with E-state index in [0.29, 0.717) is 34.9 Å². The highest BCUT2D eigenvalue weighted by Gasteiger charge is 2.28. The molecule has 1 aliphatic heterocycles. The predicted octanol–water partition coefficient (Wildman–Crippen LogP) is 4.18. The fourth-order valence-electron chi connectivity index (χ4n) is 4.19. The third-order valence-corrected chi connectivity index (χ3v) is 5.71. The summed E-state index contributed by atoms with van der Waals surface area (Å²) in [5.74, 6) is 0.297. The van der Waals surface area contributed by atoms with Crippen LogP contribution in [0.5, 0.6) is 11.5 Å². The van der Waals surface area contributed by atoms with Gasteiger partial charge in [-0.3, -0.25) is 19.8 Å². The quantitative estimate of drug-likeness (QED) is 0.454. The molecule has 2 aromatic rings. The first-order valence-electron chi connectivity index (χ1n) is 10.4. The van der Waals surface area contributed by atoms with E-state index in [2.05, 4.69) is 17.1 Å². The molecule has 0 spiro atoms. The van der Waals surface area contributed by atoms with Crippen molar-refractivity contribution in [3.8, 4) is 11.5 Å². The zero-order valence-electron chi connectivity index (χ0n) is 18.2. The number of likely N-dealkylation sites (tertiary alicyclic amines) is 1. The standard InChI is InChI=1S/C22H29N3O5.ClH/c1-4-5-11-24-12-7-8-15(24)14-23-22(26)17-13-18(25(27)28)20-16(21(17)30-3)9-6-10-19(20)29-2;/h6,9-10,13,15H,4-5,7-8,11-12,14H2,1-3H3,(H,23,26);1H. The molecule has 1 fully saturated rings. The molecule has 1 amide bonds. The highest BCUT2D eigenvalue weighted by atomic mass is 35.5. The number of nitro groups is 1. The van der Waals surface area contributed by atoms with Crippen LogP contribution in [-0.2, 0) is 0 Å². The molecule has 8 nitrogen and oxygen atoms in total. The molecule has 0 bridgehead atoms. The van der Waals surface area contributed by atoms with Crippen molar-refractivity contribution < 1.29 is 19.2 Å². The van der Waals surface area contributed by atoms with Gasteiger partial charge in [-0.2, -0.15) is 0 Å². The van der Waals surface area contributed by atoms with E-state index in [-0.39, 0.29) is 29.6 Å². The average molecular weight is 452 g/mol. The first-order chi connectivity index (χ1) is 14.5. The van der Waals surface area contributed by atoms with Gasteiger partial charge in [0.1, 0.15) is 16.9 Å². The molecule has 9 heteroatoms. The highest BCUT2D eigenvalue weighted by Crippen LogP contribution is 2.41. The summed E-state index contributed by atoms with van der Waals surface area (Å²) in [6.45, 7) is 4.75. The Morgan fingerprint density at radius 2 is 2.10 bits per heavy atom. The minimum Gasteiger partial charge on any atom is -0.496 e. The molecule has 1 aliphatic rings. The van der Waals surface area contributed by atoms with Gasteiger partial charge >= 0.3 is 0 Å². The van der Waals surface area contributed by atoms with Gasteiger partial charge in [0.25, 0.3) is 11.6 Å². The lowest BCUT2D eigenvalue weighted by Crippen LogP contribution is -2.40. The third-order valence-electron chi connectivity index (χ3n) is 5.71. The Morgan fingerprint density at radius 3 is 2.74 bits per heavy atom. The maximum atomic E-state index is 13.0. The van der Waals surface area contributed by atoms with Crippen LogP contribution in [-0.4, -0.2) is 55.6 Å². The van der Waals surface area contributed by atoms with Crippen LogP contribution in [0.2, 0.25) is 0 Å². The van der Waals surface area contributed by atoms with Crippen LogP contribution in [0.25, 0.3) is 10.8 Å². The number of ether oxygens (including phenoxy) is 2. The van der Waals surface area contributed by atoms with Gasteiger partial charge in [0.05, 0.1) is 24.7 Å². The monoisotopic (exact) mass is 451 g/mol. The van der Waals surface area contributed by atoms with Gasteiger partial charge in [-0.05, 0) is 38.4 Å². The van der Waals surface area contributed by atoms with Gasteiger partial charge in [0.15, 0.2) is 0 Å². The minimum absolute atomic E-state index is 0. The maximum absolute atomic E-state index is 13.0. The lowest BCUT2D eigenvalue weighted by Gasteiger charge is -2.24. The summed E-state index contributed by atoms with van der Waals surface area (Å²) in [6.07, 6.45) is 4.43. The van der Waals surface area contributed by atoms with Crippen molar-refractivity contribution in [2.75, 3.05) is 33.9 Å². The number of methoxy groups -OCH3 is 2. The van der Waals surface area contributed by atoms with E-state index in [1.165, 1.54) is 20.3 Å². The SMILES string of the molecule is CCCCN1CCCC1CNC(=O)c1cc([N+](=O)[O-])c2c(OC)cccc2c1OC.Cl. The number of nitrogens with one attached hydrogen (secondary N) is 1. The number of non-ortho nitro benzene ring substituents is 1. The minimum atomic E-state index is -0.496. The molecule has 0 aliphatic carbocycles. The molecule has 1 N–H and O–H groups in total. The molecule has 0 aromatic heterocycles. The number of carbonyl (C=O) groups excluding carboxylic acids is 1. The number of hydrogen-bond acceptors (Lipinski definition) is 6. The Bertz CT molecular complexity index is 937. The van der Waals surface area contributed by atoms with Crippen LogP contribution in [0, 0.1) is 10.1 Å². The summed E-state index contributed by atoms with van der Waals surface area (Å²) >= 11 is 0. The van der Waals surface area contributed by atoms with E-state index in [1.807, 2.05) is 0 Å². The summed E-state index contributed by atoms with van der Waals surface area (Å²) in [6, 6.07) is 6.65. The Morgan fingerprint density at radius 1 is 1.32 bits per heavy atom. The number of hydrogen-bond donors (Lipinski definition) is 1. The molecule has 1 heterocycles. The van der Waals surface area contributed by atoms with E-state index in [1.54, 1.807) is 18.2 Å². The fourth-order valence-corrected chi connectivity index (χ4v) is 4.19. The van der Waals surface area contributed by atoms with Gasteiger partial charge in [0, 0.05) is 24.0 Å². The Kier molecular flexibility index (Phi) is 8.88. The Balaban J connectivity index is 0.00000341. The van der Waals surface area contributed by atoms with Crippen LogP contribution < -0.4 is 14.8 Å². The number of rotatable bonds is 9. The van der Waals surface area contributed by atoms with Crippen molar-refractivity contribution in [1.82, 2.24) is 10.2 Å². The smallest absolute Gasteiger partial charge is 0.282 e. The molecule has 31 heavy (non-hydrogen) atoms. The van der Waals surface area contributed by atoms with Crippen molar-refractivity contribution in [2.45, 2.75) is 38.6 Å².